The largest absolute Gasteiger partial charge is 0.383 e. The van der Waals surface area contributed by atoms with Crippen molar-refractivity contribution in [3.63, 3.8) is 0 Å². The van der Waals surface area contributed by atoms with Crippen LogP contribution in [0.1, 0.15) is 20.8 Å². The number of ether oxygens (including phenoxy) is 1. The molecule has 1 aromatic rings. The van der Waals surface area contributed by atoms with Gasteiger partial charge in [0.05, 0.1) is 18.7 Å². The van der Waals surface area contributed by atoms with E-state index in [1.54, 1.807) is 12.1 Å². The van der Waals surface area contributed by atoms with Gasteiger partial charge >= 0.3 is 0 Å². The highest BCUT2D eigenvalue weighted by molar-refractivity contribution is 6.20. The zero-order valence-electron chi connectivity index (χ0n) is 8.27. The second-order valence-corrected chi connectivity index (χ2v) is 3.15. The van der Waals surface area contributed by atoms with Crippen molar-refractivity contribution in [2.24, 2.45) is 0 Å². The van der Waals surface area contributed by atoms with Crippen LogP contribution in [0.3, 0.4) is 0 Å². The smallest absolute Gasteiger partial charge is 0.280 e. The molecule has 0 bridgehead atoms. The van der Waals surface area contributed by atoms with Crippen LogP contribution in [0.15, 0.2) is 18.3 Å². The van der Waals surface area contributed by atoms with Gasteiger partial charge in [-0.05, 0) is 12.1 Å². The SMILES string of the molecule is COCCN1C(=O)c2cccnc2C1=O. The molecular weight excluding hydrogens is 196 g/mol. The van der Waals surface area contributed by atoms with Gasteiger partial charge in [-0.3, -0.25) is 19.5 Å². The standard InChI is InChI=1S/C10H10N2O3/c1-15-6-5-12-9(13)7-3-2-4-11-8(7)10(12)14/h2-4H,5-6H2,1H3. The molecule has 0 aromatic carbocycles. The first-order valence-corrected chi connectivity index (χ1v) is 4.56. The van der Waals surface area contributed by atoms with Crippen molar-refractivity contribution in [3.8, 4) is 0 Å². The molecular formula is C10H10N2O3. The summed E-state index contributed by atoms with van der Waals surface area (Å²) in [6.45, 7) is 0.607. The van der Waals surface area contributed by atoms with Gasteiger partial charge < -0.3 is 4.74 Å². The van der Waals surface area contributed by atoms with E-state index in [1.165, 1.54) is 13.3 Å². The topological polar surface area (TPSA) is 59.5 Å². The van der Waals surface area contributed by atoms with Gasteiger partial charge in [-0.15, -0.1) is 0 Å². The van der Waals surface area contributed by atoms with Crippen LogP contribution in [0.25, 0.3) is 0 Å². The monoisotopic (exact) mass is 206 g/mol. The summed E-state index contributed by atoms with van der Waals surface area (Å²) in [6, 6.07) is 3.25. The van der Waals surface area contributed by atoms with E-state index < -0.39 is 0 Å². The third kappa shape index (κ3) is 1.50. The van der Waals surface area contributed by atoms with Crippen LogP contribution in [0, 0.1) is 0 Å². The third-order valence-electron chi connectivity index (χ3n) is 2.25. The normalized spacial score (nSPS) is 14.6. The number of amides is 2. The van der Waals surface area contributed by atoms with Crippen molar-refractivity contribution in [1.82, 2.24) is 9.88 Å². The maximum atomic E-state index is 11.7. The summed E-state index contributed by atoms with van der Waals surface area (Å²) >= 11 is 0. The summed E-state index contributed by atoms with van der Waals surface area (Å²) in [7, 11) is 1.52. The van der Waals surface area contributed by atoms with E-state index in [0.717, 1.165) is 4.90 Å². The van der Waals surface area contributed by atoms with Crippen LogP contribution in [-0.4, -0.2) is 42.0 Å². The molecule has 2 amide bonds. The number of methoxy groups -OCH3 is 1. The summed E-state index contributed by atoms with van der Waals surface area (Å²) in [5.41, 5.74) is 0.609. The Morgan fingerprint density at radius 3 is 2.87 bits per heavy atom. The van der Waals surface area contributed by atoms with E-state index in [-0.39, 0.29) is 24.1 Å². The Morgan fingerprint density at radius 1 is 1.40 bits per heavy atom. The number of fused-ring (bicyclic) bond motifs is 1. The van der Waals surface area contributed by atoms with E-state index in [0.29, 0.717) is 12.2 Å². The molecule has 2 rings (SSSR count). The van der Waals surface area contributed by atoms with Crippen molar-refractivity contribution in [3.05, 3.63) is 29.6 Å². The quantitative estimate of drug-likeness (QED) is 0.668. The molecule has 0 aliphatic carbocycles. The van der Waals surface area contributed by atoms with E-state index >= 15 is 0 Å². The molecule has 0 spiro atoms. The highest BCUT2D eigenvalue weighted by Crippen LogP contribution is 2.19. The summed E-state index contributed by atoms with van der Waals surface area (Å²) in [6.07, 6.45) is 1.50. The van der Waals surface area contributed by atoms with Crippen LogP contribution in [0.4, 0.5) is 0 Å². The number of pyridine rings is 1. The minimum absolute atomic E-state index is 0.235. The van der Waals surface area contributed by atoms with Crippen LogP contribution >= 0.6 is 0 Å². The Balaban J connectivity index is 2.29. The molecule has 0 radical (unpaired) electrons. The first-order chi connectivity index (χ1) is 7.25. The second kappa shape index (κ2) is 3.78. The zero-order valence-corrected chi connectivity index (χ0v) is 8.27. The number of carbonyl (C=O) groups is 2. The van der Waals surface area contributed by atoms with E-state index in [1.807, 2.05) is 0 Å². The van der Waals surface area contributed by atoms with Gasteiger partial charge in [-0.2, -0.15) is 0 Å². The minimum Gasteiger partial charge on any atom is -0.383 e. The lowest BCUT2D eigenvalue weighted by atomic mass is 10.2. The molecule has 78 valence electrons. The molecule has 0 unspecified atom stereocenters. The number of rotatable bonds is 3. The Labute approximate surface area is 86.7 Å². The van der Waals surface area contributed by atoms with Gasteiger partial charge in [0, 0.05) is 13.3 Å². The molecule has 0 N–H and O–H groups in total. The third-order valence-corrected chi connectivity index (χ3v) is 2.25. The van der Waals surface area contributed by atoms with E-state index in [2.05, 4.69) is 4.98 Å². The Bertz CT molecular complexity index is 382. The summed E-state index contributed by atoms with van der Waals surface area (Å²) in [5, 5.41) is 0. The minimum atomic E-state index is -0.340. The number of hydrogen-bond acceptors (Lipinski definition) is 4. The second-order valence-electron chi connectivity index (χ2n) is 3.15. The summed E-state index contributed by atoms with van der Waals surface area (Å²) in [4.78, 5) is 28.5. The first kappa shape index (κ1) is 9.79. The van der Waals surface area contributed by atoms with Crippen LogP contribution in [0.5, 0.6) is 0 Å². The maximum absolute atomic E-state index is 11.7. The fourth-order valence-corrected chi connectivity index (χ4v) is 1.50. The van der Waals surface area contributed by atoms with E-state index in [9.17, 15) is 9.59 Å². The molecule has 5 heteroatoms. The summed E-state index contributed by atoms with van der Waals surface area (Å²) in [5.74, 6) is -0.632. The van der Waals surface area contributed by atoms with Gasteiger partial charge in [0.25, 0.3) is 11.8 Å². The lowest BCUT2D eigenvalue weighted by molar-refractivity contribution is 0.0601. The highest BCUT2D eigenvalue weighted by Gasteiger charge is 2.35. The number of nitrogens with zero attached hydrogens (tertiary/aromatic N) is 2. The average Bonchev–Trinajstić information content (AvgIpc) is 2.51. The van der Waals surface area contributed by atoms with Gasteiger partial charge in [0.1, 0.15) is 5.69 Å². The van der Waals surface area contributed by atoms with Crippen molar-refractivity contribution in [2.75, 3.05) is 20.3 Å². The lowest BCUT2D eigenvalue weighted by Gasteiger charge is -2.11. The van der Waals surface area contributed by atoms with Crippen molar-refractivity contribution in [1.29, 1.82) is 0 Å². The molecule has 5 nitrogen and oxygen atoms in total. The lowest BCUT2D eigenvalue weighted by Crippen LogP contribution is -2.32. The molecule has 0 saturated carbocycles. The van der Waals surface area contributed by atoms with Crippen molar-refractivity contribution >= 4 is 11.8 Å². The predicted molar refractivity (Wildman–Crippen MR) is 51.5 cm³/mol. The van der Waals surface area contributed by atoms with Crippen molar-refractivity contribution in [2.45, 2.75) is 0 Å². The van der Waals surface area contributed by atoms with Crippen LogP contribution in [-0.2, 0) is 4.74 Å². The molecule has 15 heavy (non-hydrogen) atoms. The highest BCUT2D eigenvalue weighted by atomic mass is 16.5. The van der Waals surface area contributed by atoms with Gasteiger partial charge in [-0.25, -0.2) is 0 Å². The molecule has 0 fully saturated rings. The Hall–Kier alpha value is -1.75. The number of hydrogen-bond donors (Lipinski definition) is 0. The fraction of sp³-hybridized carbons (Fsp3) is 0.300. The number of imide groups is 1. The Morgan fingerprint density at radius 2 is 2.20 bits per heavy atom. The number of carbonyl (C=O) groups excluding carboxylic acids is 2. The molecule has 1 aliphatic rings. The fourth-order valence-electron chi connectivity index (χ4n) is 1.50. The molecule has 1 aromatic heterocycles. The average molecular weight is 206 g/mol. The van der Waals surface area contributed by atoms with Crippen molar-refractivity contribution < 1.29 is 14.3 Å². The van der Waals surface area contributed by atoms with Gasteiger partial charge in [-0.1, -0.05) is 0 Å². The molecule has 0 saturated heterocycles. The number of aromatic nitrogens is 1. The van der Waals surface area contributed by atoms with E-state index in [4.69, 9.17) is 4.74 Å². The molecule has 2 heterocycles. The van der Waals surface area contributed by atoms with Gasteiger partial charge in [0.2, 0.25) is 0 Å². The van der Waals surface area contributed by atoms with Crippen LogP contribution < -0.4 is 0 Å². The predicted octanol–water partition coefficient (Wildman–Crippen LogP) is 0.324. The zero-order chi connectivity index (χ0) is 10.8. The Kier molecular flexibility index (Phi) is 2.47. The van der Waals surface area contributed by atoms with Gasteiger partial charge in [0.15, 0.2) is 0 Å². The summed E-state index contributed by atoms with van der Waals surface area (Å²) < 4.78 is 4.83. The maximum Gasteiger partial charge on any atom is 0.280 e. The molecule has 1 aliphatic heterocycles. The first-order valence-electron chi connectivity index (χ1n) is 4.56. The van der Waals surface area contributed by atoms with Crippen LogP contribution in [0.2, 0.25) is 0 Å². The molecule has 0 atom stereocenters.